The maximum atomic E-state index is 11.6. The van der Waals surface area contributed by atoms with Crippen LogP contribution in [0.1, 0.15) is 5.56 Å². The zero-order valence-electron chi connectivity index (χ0n) is 10.6. The first-order valence-electron chi connectivity index (χ1n) is 6.10. The van der Waals surface area contributed by atoms with Crippen LogP contribution in [-0.2, 0) is 6.42 Å². The summed E-state index contributed by atoms with van der Waals surface area (Å²) >= 11 is 11.9. The van der Waals surface area contributed by atoms with Crippen LogP contribution in [0.3, 0.4) is 0 Å². The lowest BCUT2D eigenvalue weighted by Gasteiger charge is -2.07. The minimum Gasteiger partial charge on any atom is -0.410 e. The van der Waals surface area contributed by atoms with Crippen LogP contribution in [0.4, 0.5) is 4.79 Å². The van der Waals surface area contributed by atoms with E-state index in [0.717, 1.165) is 5.56 Å². The van der Waals surface area contributed by atoms with Crippen molar-refractivity contribution in [2.24, 2.45) is 0 Å². The number of para-hydroxylation sites is 1. The molecule has 0 unspecified atom stereocenters. The minimum atomic E-state index is -0.485. The molecule has 0 heterocycles. The molecular weight excluding hydrogens is 297 g/mol. The smallest absolute Gasteiger partial charge is 0.410 e. The summed E-state index contributed by atoms with van der Waals surface area (Å²) in [5.41, 5.74) is 0.927. The molecule has 0 bridgehead atoms. The number of amides is 1. The Morgan fingerprint density at radius 1 is 1.10 bits per heavy atom. The van der Waals surface area contributed by atoms with Crippen molar-refractivity contribution in [1.29, 1.82) is 0 Å². The molecular formula is C15H13Cl2NO2. The SMILES string of the molecule is O=C(NCCc1ccc(Cl)cc1Cl)Oc1ccccc1. The molecule has 0 spiro atoms. The second kappa shape index (κ2) is 7.17. The van der Waals surface area contributed by atoms with E-state index >= 15 is 0 Å². The van der Waals surface area contributed by atoms with E-state index in [2.05, 4.69) is 5.32 Å². The van der Waals surface area contributed by atoms with Crippen LogP contribution in [-0.4, -0.2) is 12.6 Å². The van der Waals surface area contributed by atoms with Crippen LogP contribution < -0.4 is 10.1 Å². The van der Waals surface area contributed by atoms with E-state index in [4.69, 9.17) is 27.9 Å². The number of carbonyl (C=O) groups is 1. The number of benzene rings is 2. The third-order valence-electron chi connectivity index (χ3n) is 2.63. The number of hydrogen-bond acceptors (Lipinski definition) is 2. The molecule has 0 atom stereocenters. The third kappa shape index (κ3) is 4.44. The van der Waals surface area contributed by atoms with Crippen molar-refractivity contribution in [2.45, 2.75) is 6.42 Å². The van der Waals surface area contributed by atoms with E-state index in [1.165, 1.54) is 0 Å². The van der Waals surface area contributed by atoms with Gasteiger partial charge in [0, 0.05) is 16.6 Å². The predicted octanol–water partition coefficient (Wildman–Crippen LogP) is 4.32. The molecule has 2 rings (SSSR count). The molecule has 20 heavy (non-hydrogen) atoms. The van der Waals surface area contributed by atoms with Crippen LogP contribution in [0, 0.1) is 0 Å². The number of rotatable bonds is 4. The molecule has 0 radical (unpaired) electrons. The molecule has 3 nitrogen and oxygen atoms in total. The fourth-order valence-electron chi connectivity index (χ4n) is 1.66. The molecule has 0 aromatic heterocycles. The third-order valence-corrected chi connectivity index (χ3v) is 3.22. The Kier molecular flexibility index (Phi) is 5.27. The zero-order valence-corrected chi connectivity index (χ0v) is 12.1. The Morgan fingerprint density at radius 2 is 1.85 bits per heavy atom. The summed E-state index contributed by atoms with van der Waals surface area (Å²) in [4.78, 5) is 11.6. The van der Waals surface area contributed by atoms with Gasteiger partial charge >= 0.3 is 6.09 Å². The maximum Gasteiger partial charge on any atom is 0.412 e. The zero-order chi connectivity index (χ0) is 14.4. The van der Waals surface area contributed by atoms with Crippen molar-refractivity contribution in [3.05, 3.63) is 64.1 Å². The predicted molar refractivity (Wildman–Crippen MR) is 80.6 cm³/mol. The topological polar surface area (TPSA) is 38.3 Å². The van der Waals surface area contributed by atoms with E-state index in [1.54, 1.807) is 36.4 Å². The van der Waals surface area contributed by atoms with Gasteiger partial charge in [0.25, 0.3) is 0 Å². The van der Waals surface area contributed by atoms with Crippen molar-refractivity contribution in [3.63, 3.8) is 0 Å². The monoisotopic (exact) mass is 309 g/mol. The highest BCUT2D eigenvalue weighted by Gasteiger charge is 2.05. The molecule has 1 N–H and O–H groups in total. The summed E-state index contributed by atoms with van der Waals surface area (Å²) in [6.45, 7) is 0.438. The lowest BCUT2D eigenvalue weighted by Crippen LogP contribution is -2.28. The van der Waals surface area contributed by atoms with Crippen molar-refractivity contribution < 1.29 is 9.53 Å². The summed E-state index contributed by atoms with van der Waals surface area (Å²) in [5, 5.41) is 3.85. The number of nitrogens with one attached hydrogen (secondary N) is 1. The van der Waals surface area contributed by atoms with E-state index in [1.807, 2.05) is 12.1 Å². The van der Waals surface area contributed by atoms with Gasteiger partial charge in [-0.05, 0) is 36.2 Å². The largest absolute Gasteiger partial charge is 0.412 e. The van der Waals surface area contributed by atoms with Gasteiger partial charge in [-0.3, -0.25) is 0 Å². The van der Waals surface area contributed by atoms with Gasteiger partial charge in [0.1, 0.15) is 5.75 Å². The summed E-state index contributed by atoms with van der Waals surface area (Å²) in [5.74, 6) is 0.509. The Labute approximate surface area is 127 Å². The van der Waals surface area contributed by atoms with Crippen molar-refractivity contribution in [1.82, 2.24) is 5.32 Å². The van der Waals surface area contributed by atoms with Gasteiger partial charge in [0.15, 0.2) is 0 Å². The number of ether oxygens (including phenoxy) is 1. The van der Waals surface area contributed by atoms with Crippen LogP contribution in [0.25, 0.3) is 0 Å². The molecule has 2 aromatic rings. The first kappa shape index (κ1) is 14.7. The van der Waals surface area contributed by atoms with Crippen LogP contribution in [0.2, 0.25) is 10.0 Å². The quantitative estimate of drug-likeness (QED) is 0.913. The molecule has 2 aromatic carbocycles. The van der Waals surface area contributed by atoms with Gasteiger partial charge in [-0.2, -0.15) is 0 Å². The van der Waals surface area contributed by atoms with E-state index in [9.17, 15) is 4.79 Å². The van der Waals surface area contributed by atoms with Gasteiger partial charge in [-0.1, -0.05) is 47.5 Å². The number of halogens is 2. The van der Waals surface area contributed by atoms with Gasteiger partial charge in [-0.15, -0.1) is 0 Å². The van der Waals surface area contributed by atoms with Gasteiger partial charge < -0.3 is 10.1 Å². The summed E-state index contributed by atoms with van der Waals surface area (Å²) in [6.07, 6.45) is 0.126. The lowest BCUT2D eigenvalue weighted by atomic mass is 10.1. The molecule has 0 aliphatic rings. The molecule has 0 aliphatic heterocycles. The van der Waals surface area contributed by atoms with E-state index < -0.39 is 6.09 Å². The summed E-state index contributed by atoms with van der Waals surface area (Å²) in [7, 11) is 0. The highest BCUT2D eigenvalue weighted by Crippen LogP contribution is 2.21. The van der Waals surface area contributed by atoms with E-state index in [0.29, 0.717) is 28.8 Å². The average Bonchev–Trinajstić information content (AvgIpc) is 2.42. The molecule has 0 saturated heterocycles. The Morgan fingerprint density at radius 3 is 2.55 bits per heavy atom. The summed E-state index contributed by atoms with van der Waals surface area (Å²) in [6, 6.07) is 14.2. The fraction of sp³-hybridized carbons (Fsp3) is 0.133. The maximum absolute atomic E-state index is 11.6. The van der Waals surface area contributed by atoms with E-state index in [-0.39, 0.29) is 0 Å². The van der Waals surface area contributed by atoms with Gasteiger partial charge in [0.2, 0.25) is 0 Å². The standard InChI is InChI=1S/C15H13Cl2NO2/c16-12-7-6-11(14(17)10-12)8-9-18-15(19)20-13-4-2-1-3-5-13/h1-7,10H,8-9H2,(H,18,19). The van der Waals surface area contributed by atoms with Crippen molar-refractivity contribution >= 4 is 29.3 Å². The second-order valence-corrected chi connectivity index (χ2v) is 4.96. The number of hydrogen-bond donors (Lipinski definition) is 1. The average molecular weight is 310 g/mol. The second-order valence-electron chi connectivity index (χ2n) is 4.12. The molecule has 1 amide bonds. The Bertz CT molecular complexity index is 588. The van der Waals surface area contributed by atoms with Gasteiger partial charge in [0.05, 0.1) is 0 Å². The molecule has 0 aliphatic carbocycles. The number of carbonyl (C=O) groups excluding carboxylic acids is 1. The minimum absolute atomic E-state index is 0.438. The lowest BCUT2D eigenvalue weighted by molar-refractivity contribution is 0.200. The van der Waals surface area contributed by atoms with Crippen molar-refractivity contribution in [2.75, 3.05) is 6.54 Å². The van der Waals surface area contributed by atoms with Crippen LogP contribution in [0.5, 0.6) is 5.75 Å². The highest BCUT2D eigenvalue weighted by atomic mass is 35.5. The van der Waals surface area contributed by atoms with Crippen LogP contribution >= 0.6 is 23.2 Å². The molecule has 0 saturated carbocycles. The molecule has 5 heteroatoms. The normalized spacial score (nSPS) is 10.1. The Balaban J connectivity index is 1.79. The fourth-order valence-corrected chi connectivity index (χ4v) is 2.16. The molecule has 104 valence electrons. The van der Waals surface area contributed by atoms with Gasteiger partial charge in [-0.25, -0.2) is 4.79 Å². The van der Waals surface area contributed by atoms with Crippen LogP contribution in [0.15, 0.2) is 48.5 Å². The van der Waals surface area contributed by atoms with Crippen molar-refractivity contribution in [3.8, 4) is 5.75 Å². The highest BCUT2D eigenvalue weighted by molar-refractivity contribution is 6.35. The Hall–Kier alpha value is -1.71. The first-order valence-corrected chi connectivity index (χ1v) is 6.85. The summed E-state index contributed by atoms with van der Waals surface area (Å²) < 4.78 is 5.10. The first-order chi connectivity index (χ1) is 9.65. The molecule has 0 fully saturated rings.